The van der Waals surface area contributed by atoms with E-state index in [1.165, 1.54) is 0 Å². The fourth-order valence-electron chi connectivity index (χ4n) is 4.20. The van der Waals surface area contributed by atoms with Gasteiger partial charge in [-0.3, -0.25) is 9.59 Å². The van der Waals surface area contributed by atoms with Crippen LogP contribution in [0, 0.1) is 19.8 Å². The Bertz CT molecular complexity index is 878. The minimum atomic E-state index is -0.808. The average Bonchev–Trinajstić information content (AvgIpc) is 2.83. The van der Waals surface area contributed by atoms with Gasteiger partial charge in [-0.05, 0) is 70.1 Å². The Morgan fingerprint density at radius 1 is 1.00 bits per heavy atom. The second-order valence-corrected chi connectivity index (χ2v) is 11.1. The summed E-state index contributed by atoms with van der Waals surface area (Å²) in [5.41, 5.74) is 2.19. The molecule has 3 atom stereocenters. The molecule has 0 saturated carbocycles. The van der Waals surface area contributed by atoms with Crippen molar-refractivity contribution in [1.82, 2.24) is 15.5 Å². The van der Waals surface area contributed by atoms with Crippen LogP contribution in [-0.2, 0) is 14.3 Å². The first kappa shape index (κ1) is 32.5. The molecule has 0 fully saturated rings. The molecule has 7 heteroatoms. The molecule has 0 radical (unpaired) electrons. The fraction of sp³-hybridized carbons (Fsp3) is 0.700. The van der Waals surface area contributed by atoms with Crippen molar-refractivity contribution in [1.29, 1.82) is 0 Å². The lowest BCUT2D eigenvalue weighted by molar-refractivity contribution is -0.143. The van der Waals surface area contributed by atoms with Crippen LogP contribution in [0.5, 0.6) is 0 Å². The molecule has 3 amide bonds. The monoisotopic (exact) mass is 517 g/mol. The molecule has 0 saturated heterocycles. The maximum Gasteiger partial charge on any atom is 0.408 e. The minimum absolute atomic E-state index is 0.143. The molecule has 1 aromatic rings. The second-order valence-electron chi connectivity index (χ2n) is 11.1. The topological polar surface area (TPSA) is 87.7 Å². The molecule has 210 valence electrons. The molecule has 1 aromatic carbocycles. The van der Waals surface area contributed by atoms with Gasteiger partial charge in [-0.1, -0.05) is 71.6 Å². The van der Waals surface area contributed by atoms with Gasteiger partial charge in [-0.2, -0.15) is 0 Å². The molecule has 0 heterocycles. The predicted molar refractivity (Wildman–Crippen MR) is 150 cm³/mol. The summed E-state index contributed by atoms with van der Waals surface area (Å²) in [6, 6.07) is 4.29. The normalized spacial score (nSPS) is 13.9. The summed E-state index contributed by atoms with van der Waals surface area (Å²) in [5.74, 6) is -0.589. The standard InChI is InChI=1S/C30H51N3O4/c1-10-13-15-19-31-27(34)26(24-18-16-17-22(5)23(24)6)33(20-14-11-2)28(35)25(21(4)12-3)32-29(36)37-30(7,8)9/h16-18,21,25-26H,10-15,19-20H2,1-9H3,(H,31,34)(H,32,36). The van der Waals surface area contributed by atoms with E-state index in [0.717, 1.165) is 48.8 Å². The van der Waals surface area contributed by atoms with Crippen LogP contribution < -0.4 is 10.6 Å². The quantitative estimate of drug-likeness (QED) is 0.287. The zero-order chi connectivity index (χ0) is 28.2. The molecule has 37 heavy (non-hydrogen) atoms. The van der Waals surface area contributed by atoms with Gasteiger partial charge in [-0.25, -0.2) is 4.79 Å². The lowest BCUT2D eigenvalue weighted by Gasteiger charge is -2.36. The Morgan fingerprint density at radius 2 is 1.65 bits per heavy atom. The van der Waals surface area contributed by atoms with Crippen LogP contribution in [0.15, 0.2) is 18.2 Å². The van der Waals surface area contributed by atoms with Crippen molar-refractivity contribution in [2.75, 3.05) is 13.1 Å². The minimum Gasteiger partial charge on any atom is -0.444 e. The van der Waals surface area contributed by atoms with E-state index >= 15 is 0 Å². The van der Waals surface area contributed by atoms with Gasteiger partial charge in [-0.15, -0.1) is 0 Å². The van der Waals surface area contributed by atoms with Gasteiger partial charge >= 0.3 is 6.09 Å². The molecule has 7 nitrogen and oxygen atoms in total. The van der Waals surface area contributed by atoms with Crippen molar-refractivity contribution < 1.29 is 19.1 Å². The van der Waals surface area contributed by atoms with Gasteiger partial charge < -0.3 is 20.3 Å². The number of hydrogen-bond acceptors (Lipinski definition) is 4. The number of carbonyl (C=O) groups is 3. The number of carbonyl (C=O) groups excluding carboxylic acids is 3. The second kappa shape index (κ2) is 15.6. The summed E-state index contributed by atoms with van der Waals surface area (Å²) in [5, 5.41) is 5.91. The van der Waals surface area contributed by atoms with Crippen molar-refractivity contribution in [3.63, 3.8) is 0 Å². The lowest BCUT2D eigenvalue weighted by Crippen LogP contribution is -2.55. The number of ether oxygens (including phenoxy) is 1. The van der Waals surface area contributed by atoms with Crippen molar-refractivity contribution in [3.8, 4) is 0 Å². The summed E-state index contributed by atoms with van der Waals surface area (Å²) >= 11 is 0. The largest absolute Gasteiger partial charge is 0.444 e. The molecule has 0 aromatic heterocycles. The number of nitrogens with one attached hydrogen (secondary N) is 2. The van der Waals surface area contributed by atoms with Crippen molar-refractivity contribution >= 4 is 17.9 Å². The summed E-state index contributed by atoms with van der Waals surface area (Å²) in [6.07, 6.45) is 4.65. The first-order valence-corrected chi connectivity index (χ1v) is 14.0. The van der Waals surface area contributed by atoms with E-state index in [-0.39, 0.29) is 17.7 Å². The molecule has 0 aliphatic rings. The highest BCUT2D eigenvalue weighted by Gasteiger charge is 2.38. The molecule has 0 aliphatic heterocycles. The van der Waals surface area contributed by atoms with Gasteiger partial charge in [0.1, 0.15) is 17.7 Å². The number of rotatable bonds is 14. The predicted octanol–water partition coefficient (Wildman–Crippen LogP) is 6.22. The van der Waals surface area contributed by atoms with E-state index in [2.05, 4.69) is 24.5 Å². The van der Waals surface area contributed by atoms with Gasteiger partial charge in [0.15, 0.2) is 0 Å². The smallest absolute Gasteiger partial charge is 0.408 e. The van der Waals surface area contributed by atoms with Crippen LogP contribution in [0.1, 0.15) is 110 Å². The molecule has 2 N–H and O–H groups in total. The third kappa shape index (κ3) is 10.4. The van der Waals surface area contributed by atoms with Gasteiger partial charge in [0.2, 0.25) is 11.8 Å². The molecular weight excluding hydrogens is 466 g/mol. The number of amides is 3. The van der Waals surface area contributed by atoms with E-state index < -0.39 is 23.8 Å². The highest BCUT2D eigenvalue weighted by Crippen LogP contribution is 2.29. The number of benzene rings is 1. The molecule has 1 rings (SSSR count). The van der Waals surface area contributed by atoms with Crippen molar-refractivity contribution in [3.05, 3.63) is 34.9 Å². The van der Waals surface area contributed by atoms with Crippen LogP contribution >= 0.6 is 0 Å². The SMILES string of the molecule is CCCCCNC(=O)C(c1cccc(C)c1C)N(CCCC)C(=O)C(NC(=O)OC(C)(C)C)C(C)CC. The fourth-order valence-corrected chi connectivity index (χ4v) is 4.20. The van der Waals surface area contributed by atoms with Crippen LogP contribution in [0.2, 0.25) is 0 Å². The number of unbranched alkanes of at least 4 members (excludes halogenated alkanes) is 3. The molecular formula is C30H51N3O4. The third-order valence-corrected chi connectivity index (χ3v) is 6.77. The molecule has 0 bridgehead atoms. The molecule has 3 unspecified atom stereocenters. The number of aryl methyl sites for hydroxylation is 1. The molecule has 0 aliphatic carbocycles. The van der Waals surface area contributed by atoms with E-state index in [0.29, 0.717) is 19.5 Å². The highest BCUT2D eigenvalue weighted by molar-refractivity contribution is 5.92. The summed E-state index contributed by atoms with van der Waals surface area (Å²) in [7, 11) is 0. The van der Waals surface area contributed by atoms with Crippen molar-refractivity contribution in [2.24, 2.45) is 5.92 Å². The summed E-state index contributed by atoms with van der Waals surface area (Å²) < 4.78 is 5.48. The van der Waals surface area contributed by atoms with Crippen LogP contribution in [0.4, 0.5) is 4.79 Å². The highest BCUT2D eigenvalue weighted by atomic mass is 16.6. The summed E-state index contributed by atoms with van der Waals surface area (Å²) in [6.45, 7) is 18.5. The van der Waals surface area contributed by atoms with Crippen molar-refractivity contribution in [2.45, 2.75) is 119 Å². The van der Waals surface area contributed by atoms with Crippen LogP contribution in [-0.4, -0.2) is 47.5 Å². The lowest BCUT2D eigenvalue weighted by atomic mass is 9.92. The van der Waals surface area contributed by atoms with Gasteiger partial charge in [0, 0.05) is 13.1 Å². The van der Waals surface area contributed by atoms with E-state index in [4.69, 9.17) is 4.74 Å². The van der Waals surface area contributed by atoms with E-state index in [9.17, 15) is 14.4 Å². The summed E-state index contributed by atoms with van der Waals surface area (Å²) in [4.78, 5) is 42.4. The first-order chi connectivity index (χ1) is 17.4. The van der Waals surface area contributed by atoms with Gasteiger partial charge in [0.25, 0.3) is 0 Å². The maximum atomic E-state index is 14.2. The Labute approximate surface area is 225 Å². The number of alkyl carbamates (subject to hydrolysis) is 1. The Kier molecular flexibility index (Phi) is 13.7. The van der Waals surface area contributed by atoms with E-state index in [1.54, 1.807) is 25.7 Å². The first-order valence-electron chi connectivity index (χ1n) is 14.0. The maximum absolute atomic E-state index is 14.2. The number of nitrogens with zero attached hydrogens (tertiary/aromatic N) is 1. The molecule has 0 spiro atoms. The van der Waals surface area contributed by atoms with Crippen LogP contribution in [0.25, 0.3) is 0 Å². The number of hydrogen-bond donors (Lipinski definition) is 2. The van der Waals surface area contributed by atoms with Gasteiger partial charge in [0.05, 0.1) is 0 Å². The third-order valence-electron chi connectivity index (χ3n) is 6.77. The van der Waals surface area contributed by atoms with E-state index in [1.807, 2.05) is 45.9 Å². The zero-order valence-corrected chi connectivity index (χ0v) is 24.7. The Hall–Kier alpha value is -2.57. The van der Waals surface area contributed by atoms with Crippen LogP contribution in [0.3, 0.4) is 0 Å². The Balaban J connectivity index is 3.51. The average molecular weight is 518 g/mol. The Morgan fingerprint density at radius 3 is 2.22 bits per heavy atom. The zero-order valence-electron chi connectivity index (χ0n) is 24.7.